The van der Waals surface area contributed by atoms with Gasteiger partial charge in [-0.15, -0.1) is 0 Å². The molecule has 0 saturated heterocycles. The zero-order chi connectivity index (χ0) is 15.9. The van der Waals surface area contributed by atoms with E-state index in [1.807, 2.05) is 48.5 Å². The average Bonchev–Trinajstić information content (AvgIpc) is 2.62. The number of hydrogen-bond donors (Lipinski definition) is 1. The number of hydrogen-bond acceptors (Lipinski definition) is 4. The molecule has 0 saturated carbocycles. The summed E-state index contributed by atoms with van der Waals surface area (Å²) in [5.74, 6) is 1.73. The highest BCUT2D eigenvalue weighted by atomic mass is 16.5. The fourth-order valence-corrected chi connectivity index (χ4v) is 2.33. The summed E-state index contributed by atoms with van der Waals surface area (Å²) >= 11 is 0. The number of aromatic nitrogens is 1. The molecule has 0 atom stereocenters. The number of benzene rings is 2. The number of pyridine rings is 1. The molecular weight excluding hydrogens is 288 g/mol. The molecule has 1 N–H and O–H groups in total. The third-order valence-electron chi connectivity index (χ3n) is 3.58. The second-order valence-electron chi connectivity index (χ2n) is 5.22. The minimum atomic E-state index is 0.594. The minimum absolute atomic E-state index is 0.594. The van der Waals surface area contributed by atoms with E-state index in [2.05, 4.69) is 22.4 Å². The topological polar surface area (TPSA) is 43.4 Å². The first kappa shape index (κ1) is 15.3. The number of ether oxygens (including phenoxy) is 2. The van der Waals surface area contributed by atoms with Crippen LogP contribution in [0.4, 0.5) is 5.82 Å². The van der Waals surface area contributed by atoms with Crippen LogP contribution in [0.15, 0.2) is 60.7 Å². The van der Waals surface area contributed by atoms with Gasteiger partial charge < -0.3 is 14.8 Å². The van der Waals surface area contributed by atoms with Crippen LogP contribution in [-0.2, 0) is 11.3 Å². The van der Waals surface area contributed by atoms with Gasteiger partial charge in [0.2, 0.25) is 0 Å². The monoisotopic (exact) mass is 308 g/mol. The van der Waals surface area contributed by atoms with Gasteiger partial charge in [-0.2, -0.15) is 0 Å². The average molecular weight is 308 g/mol. The summed E-state index contributed by atoms with van der Waals surface area (Å²) in [5.41, 5.74) is 2.13. The molecule has 0 amide bonds. The number of rotatable bonds is 7. The number of para-hydroxylation sites is 1. The van der Waals surface area contributed by atoms with Gasteiger partial charge in [0, 0.05) is 11.9 Å². The molecule has 0 fully saturated rings. The van der Waals surface area contributed by atoms with Crippen molar-refractivity contribution in [3.63, 3.8) is 0 Å². The lowest BCUT2D eigenvalue weighted by molar-refractivity contribution is 0.130. The zero-order valence-electron chi connectivity index (χ0n) is 13.2. The first-order chi connectivity index (χ1) is 11.3. The molecule has 0 bridgehead atoms. The summed E-state index contributed by atoms with van der Waals surface area (Å²) < 4.78 is 10.8. The standard InChI is InChI=1S/C19H20N2O2/c1-22-17-9-6-15(7-10-17)14-23-13-12-20-19-11-8-16-4-2-3-5-18(16)21-19/h2-11H,12-14H2,1H3,(H,20,21). The normalized spacial score (nSPS) is 10.7. The number of nitrogens with zero attached hydrogens (tertiary/aromatic N) is 1. The van der Waals surface area contributed by atoms with Crippen LogP contribution in [0.3, 0.4) is 0 Å². The number of methoxy groups -OCH3 is 1. The highest BCUT2D eigenvalue weighted by molar-refractivity contribution is 5.79. The highest BCUT2D eigenvalue weighted by Gasteiger charge is 1.98. The summed E-state index contributed by atoms with van der Waals surface area (Å²) in [7, 11) is 1.66. The van der Waals surface area contributed by atoms with E-state index in [0.29, 0.717) is 13.2 Å². The second-order valence-corrected chi connectivity index (χ2v) is 5.22. The molecule has 2 aromatic carbocycles. The van der Waals surface area contributed by atoms with Crippen molar-refractivity contribution in [2.75, 3.05) is 25.6 Å². The van der Waals surface area contributed by atoms with E-state index in [0.717, 1.165) is 34.6 Å². The molecule has 0 aliphatic rings. The number of anilines is 1. The van der Waals surface area contributed by atoms with Gasteiger partial charge in [-0.3, -0.25) is 0 Å². The molecular formula is C19H20N2O2. The van der Waals surface area contributed by atoms with Crippen molar-refractivity contribution in [3.8, 4) is 5.75 Å². The molecule has 0 unspecified atom stereocenters. The third-order valence-corrected chi connectivity index (χ3v) is 3.58. The quantitative estimate of drug-likeness (QED) is 0.673. The Balaban J connectivity index is 1.43. The molecule has 4 heteroatoms. The fraction of sp³-hybridized carbons (Fsp3) is 0.211. The molecule has 118 valence electrons. The molecule has 4 nitrogen and oxygen atoms in total. The third kappa shape index (κ3) is 4.20. The minimum Gasteiger partial charge on any atom is -0.497 e. The van der Waals surface area contributed by atoms with E-state index in [1.165, 1.54) is 0 Å². The highest BCUT2D eigenvalue weighted by Crippen LogP contribution is 2.14. The van der Waals surface area contributed by atoms with E-state index in [-0.39, 0.29) is 0 Å². The Kier molecular flexibility index (Phi) is 5.06. The van der Waals surface area contributed by atoms with Crippen LogP contribution in [0.25, 0.3) is 10.9 Å². The Labute approximate surface area is 136 Å². The predicted molar refractivity (Wildman–Crippen MR) is 92.9 cm³/mol. The Bertz CT molecular complexity index is 757. The molecule has 0 aliphatic carbocycles. The summed E-state index contributed by atoms with van der Waals surface area (Å²) in [6, 6.07) is 20.1. The van der Waals surface area contributed by atoms with Gasteiger partial charge in [0.1, 0.15) is 11.6 Å². The van der Waals surface area contributed by atoms with E-state index in [1.54, 1.807) is 7.11 Å². The van der Waals surface area contributed by atoms with Crippen LogP contribution in [0.5, 0.6) is 5.75 Å². The van der Waals surface area contributed by atoms with Gasteiger partial charge >= 0.3 is 0 Å². The molecule has 0 spiro atoms. The van der Waals surface area contributed by atoms with Crippen molar-refractivity contribution < 1.29 is 9.47 Å². The van der Waals surface area contributed by atoms with Gasteiger partial charge in [0.25, 0.3) is 0 Å². The Morgan fingerprint density at radius 1 is 0.957 bits per heavy atom. The van der Waals surface area contributed by atoms with Crippen LogP contribution in [0.1, 0.15) is 5.56 Å². The predicted octanol–water partition coefficient (Wildman–Crippen LogP) is 3.87. The van der Waals surface area contributed by atoms with Crippen molar-refractivity contribution in [3.05, 3.63) is 66.2 Å². The van der Waals surface area contributed by atoms with Gasteiger partial charge in [-0.25, -0.2) is 4.98 Å². The zero-order valence-corrected chi connectivity index (χ0v) is 13.2. The maximum Gasteiger partial charge on any atom is 0.126 e. The van der Waals surface area contributed by atoms with Crippen LogP contribution in [-0.4, -0.2) is 25.2 Å². The summed E-state index contributed by atoms with van der Waals surface area (Å²) in [4.78, 5) is 4.57. The van der Waals surface area contributed by atoms with E-state index >= 15 is 0 Å². The van der Waals surface area contributed by atoms with Crippen molar-refractivity contribution in [1.82, 2.24) is 4.98 Å². The molecule has 0 aliphatic heterocycles. The van der Waals surface area contributed by atoms with Crippen LogP contribution in [0, 0.1) is 0 Å². The van der Waals surface area contributed by atoms with Crippen molar-refractivity contribution in [2.24, 2.45) is 0 Å². The van der Waals surface area contributed by atoms with Gasteiger partial charge in [-0.05, 0) is 35.9 Å². The largest absolute Gasteiger partial charge is 0.497 e. The first-order valence-corrected chi connectivity index (χ1v) is 7.65. The van der Waals surface area contributed by atoms with Crippen molar-refractivity contribution >= 4 is 16.7 Å². The van der Waals surface area contributed by atoms with Gasteiger partial charge in [-0.1, -0.05) is 30.3 Å². The lowest BCUT2D eigenvalue weighted by atomic mass is 10.2. The smallest absolute Gasteiger partial charge is 0.126 e. The maximum absolute atomic E-state index is 5.67. The van der Waals surface area contributed by atoms with E-state index in [4.69, 9.17) is 9.47 Å². The Morgan fingerprint density at radius 2 is 1.78 bits per heavy atom. The molecule has 1 heterocycles. The summed E-state index contributed by atoms with van der Waals surface area (Å²) in [6.45, 7) is 1.94. The molecule has 3 rings (SSSR count). The maximum atomic E-state index is 5.67. The van der Waals surface area contributed by atoms with Crippen LogP contribution >= 0.6 is 0 Å². The molecule has 1 aromatic heterocycles. The molecule has 0 radical (unpaired) electrons. The van der Waals surface area contributed by atoms with Crippen LogP contribution in [0.2, 0.25) is 0 Å². The Morgan fingerprint density at radius 3 is 2.61 bits per heavy atom. The fourth-order valence-electron chi connectivity index (χ4n) is 2.33. The lowest BCUT2D eigenvalue weighted by Crippen LogP contribution is -2.10. The number of nitrogens with one attached hydrogen (secondary N) is 1. The summed E-state index contributed by atoms with van der Waals surface area (Å²) in [5, 5.41) is 4.43. The number of fused-ring (bicyclic) bond motifs is 1. The summed E-state index contributed by atoms with van der Waals surface area (Å²) in [6.07, 6.45) is 0. The van der Waals surface area contributed by atoms with Crippen molar-refractivity contribution in [2.45, 2.75) is 6.61 Å². The van der Waals surface area contributed by atoms with E-state index < -0.39 is 0 Å². The van der Waals surface area contributed by atoms with Crippen LogP contribution < -0.4 is 10.1 Å². The van der Waals surface area contributed by atoms with Gasteiger partial charge in [0.15, 0.2) is 0 Å². The second kappa shape index (κ2) is 7.61. The lowest BCUT2D eigenvalue weighted by Gasteiger charge is -2.08. The molecule has 3 aromatic rings. The van der Waals surface area contributed by atoms with Crippen molar-refractivity contribution in [1.29, 1.82) is 0 Å². The van der Waals surface area contributed by atoms with Gasteiger partial charge in [0.05, 0.1) is 25.8 Å². The first-order valence-electron chi connectivity index (χ1n) is 7.65. The molecule has 23 heavy (non-hydrogen) atoms. The Hall–Kier alpha value is -2.59. The SMILES string of the molecule is COc1ccc(COCCNc2ccc3ccccc3n2)cc1. The van der Waals surface area contributed by atoms with E-state index in [9.17, 15) is 0 Å².